The topological polar surface area (TPSA) is 55.1 Å². The summed E-state index contributed by atoms with van der Waals surface area (Å²) in [6.45, 7) is 5.17. The van der Waals surface area contributed by atoms with Crippen molar-refractivity contribution in [3.05, 3.63) is 78.3 Å². The zero-order valence-corrected chi connectivity index (χ0v) is 15.0. The zero-order chi connectivity index (χ0) is 18.2. The Morgan fingerprint density at radius 1 is 1.12 bits per heavy atom. The molecule has 1 aromatic heterocycles. The van der Waals surface area contributed by atoms with E-state index in [1.54, 1.807) is 6.20 Å². The largest absolute Gasteiger partial charge is 0.444 e. The first-order chi connectivity index (χ1) is 12.5. The second-order valence-electron chi connectivity index (χ2n) is 7.63. The number of nitrogens with one attached hydrogen (secondary N) is 1. The van der Waals surface area contributed by atoms with E-state index in [4.69, 9.17) is 4.42 Å². The predicted octanol–water partition coefficient (Wildman–Crippen LogP) is 4.44. The van der Waals surface area contributed by atoms with E-state index >= 15 is 0 Å². The van der Waals surface area contributed by atoms with Crippen LogP contribution in [0.2, 0.25) is 0 Å². The number of carbonyl (C=O) groups is 1. The van der Waals surface area contributed by atoms with Crippen molar-refractivity contribution in [3.63, 3.8) is 0 Å². The Kier molecular flexibility index (Phi) is 3.91. The third-order valence-electron chi connectivity index (χ3n) is 5.66. The molecule has 26 heavy (non-hydrogen) atoms. The number of carbonyl (C=O) groups excluding carboxylic acids is 1. The first-order valence-electron chi connectivity index (χ1n) is 8.85. The SMILES string of the molecule is CC1(C)C[C@@]1(CNC(=O)c1ccc(-c2cnco2)cc1)c1ccccc1. The average Bonchev–Trinajstić information content (AvgIpc) is 3.02. The molecule has 4 heteroatoms. The summed E-state index contributed by atoms with van der Waals surface area (Å²) in [7, 11) is 0. The Bertz CT molecular complexity index is 899. The molecule has 1 saturated carbocycles. The van der Waals surface area contributed by atoms with Crippen LogP contribution in [0, 0.1) is 5.41 Å². The van der Waals surface area contributed by atoms with E-state index in [9.17, 15) is 4.79 Å². The third-order valence-corrected chi connectivity index (χ3v) is 5.66. The summed E-state index contributed by atoms with van der Waals surface area (Å²) >= 11 is 0. The van der Waals surface area contributed by atoms with Gasteiger partial charge in [0.1, 0.15) is 0 Å². The van der Waals surface area contributed by atoms with Gasteiger partial charge in [0.25, 0.3) is 5.91 Å². The molecular weight excluding hydrogens is 324 g/mol. The summed E-state index contributed by atoms with van der Waals surface area (Å²) < 4.78 is 5.28. The van der Waals surface area contributed by atoms with Crippen molar-refractivity contribution in [2.75, 3.05) is 6.54 Å². The number of benzene rings is 2. The zero-order valence-electron chi connectivity index (χ0n) is 15.0. The van der Waals surface area contributed by atoms with Crippen LogP contribution >= 0.6 is 0 Å². The highest BCUT2D eigenvalue weighted by Crippen LogP contribution is 2.63. The van der Waals surface area contributed by atoms with Crippen LogP contribution in [0.5, 0.6) is 0 Å². The molecule has 1 aliphatic rings. The molecule has 132 valence electrons. The maximum atomic E-state index is 12.6. The minimum Gasteiger partial charge on any atom is -0.444 e. The maximum Gasteiger partial charge on any atom is 0.251 e. The van der Waals surface area contributed by atoms with Crippen molar-refractivity contribution in [3.8, 4) is 11.3 Å². The highest BCUT2D eigenvalue weighted by atomic mass is 16.3. The van der Waals surface area contributed by atoms with E-state index in [2.05, 4.69) is 48.4 Å². The van der Waals surface area contributed by atoms with Crippen LogP contribution < -0.4 is 5.32 Å². The molecule has 3 aromatic rings. The molecule has 0 spiro atoms. The van der Waals surface area contributed by atoms with Crippen LogP contribution in [0.25, 0.3) is 11.3 Å². The fourth-order valence-corrected chi connectivity index (χ4v) is 3.84. The van der Waals surface area contributed by atoms with Gasteiger partial charge in [0.15, 0.2) is 12.2 Å². The lowest BCUT2D eigenvalue weighted by Crippen LogP contribution is -2.34. The van der Waals surface area contributed by atoms with Crippen LogP contribution in [0.4, 0.5) is 0 Å². The number of rotatable bonds is 5. The minimum absolute atomic E-state index is 0.0176. The van der Waals surface area contributed by atoms with E-state index in [0.717, 1.165) is 12.0 Å². The van der Waals surface area contributed by atoms with Crippen molar-refractivity contribution in [1.29, 1.82) is 0 Å². The van der Waals surface area contributed by atoms with Gasteiger partial charge in [-0.25, -0.2) is 4.98 Å². The fraction of sp³-hybridized carbons (Fsp3) is 0.273. The highest BCUT2D eigenvalue weighted by Gasteiger charge is 2.61. The smallest absolute Gasteiger partial charge is 0.251 e. The van der Waals surface area contributed by atoms with Crippen LogP contribution in [-0.4, -0.2) is 17.4 Å². The van der Waals surface area contributed by atoms with Crippen molar-refractivity contribution in [2.45, 2.75) is 25.7 Å². The summed E-state index contributed by atoms with van der Waals surface area (Å²) in [5.74, 6) is 0.645. The van der Waals surface area contributed by atoms with Gasteiger partial charge in [0.05, 0.1) is 6.20 Å². The van der Waals surface area contributed by atoms with E-state index < -0.39 is 0 Å². The lowest BCUT2D eigenvalue weighted by molar-refractivity contribution is 0.0948. The number of oxazole rings is 1. The Hall–Kier alpha value is -2.88. The van der Waals surface area contributed by atoms with E-state index in [-0.39, 0.29) is 16.7 Å². The van der Waals surface area contributed by atoms with E-state index in [1.807, 2.05) is 30.3 Å². The summed E-state index contributed by atoms with van der Waals surface area (Å²) in [5, 5.41) is 3.14. The van der Waals surface area contributed by atoms with Crippen molar-refractivity contribution >= 4 is 5.91 Å². The third kappa shape index (κ3) is 2.81. The van der Waals surface area contributed by atoms with Crippen LogP contribution in [0.15, 0.2) is 71.6 Å². The minimum atomic E-state index is -0.0490. The summed E-state index contributed by atoms with van der Waals surface area (Å²) in [5.41, 5.74) is 3.06. The van der Waals surface area contributed by atoms with Gasteiger partial charge in [-0.15, -0.1) is 0 Å². The molecule has 0 radical (unpaired) electrons. The normalized spacial score (nSPS) is 20.5. The highest BCUT2D eigenvalue weighted by molar-refractivity contribution is 5.94. The number of nitrogens with zero attached hydrogens (tertiary/aromatic N) is 1. The predicted molar refractivity (Wildman–Crippen MR) is 101 cm³/mol. The van der Waals surface area contributed by atoms with Gasteiger partial charge in [0, 0.05) is 23.1 Å². The molecule has 1 heterocycles. The molecule has 1 amide bonds. The summed E-state index contributed by atoms with van der Waals surface area (Å²) in [6.07, 6.45) is 4.14. The van der Waals surface area contributed by atoms with Gasteiger partial charge in [0.2, 0.25) is 0 Å². The van der Waals surface area contributed by atoms with E-state index in [0.29, 0.717) is 17.9 Å². The molecule has 0 bridgehead atoms. The second-order valence-corrected chi connectivity index (χ2v) is 7.63. The first-order valence-corrected chi connectivity index (χ1v) is 8.85. The molecule has 1 aliphatic carbocycles. The Balaban J connectivity index is 1.47. The van der Waals surface area contributed by atoms with E-state index in [1.165, 1.54) is 12.0 Å². The Morgan fingerprint density at radius 3 is 2.38 bits per heavy atom. The van der Waals surface area contributed by atoms with Gasteiger partial charge >= 0.3 is 0 Å². The number of hydrogen-bond acceptors (Lipinski definition) is 3. The molecule has 1 atom stereocenters. The molecule has 0 unspecified atom stereocenters. The molecule has 4 rings (SSSR count). The standard InChI is InChI=1S/C22H22N2O2/c1-21(2)13-22(21,18-6-4-3-5-7-18)14-24-20(25)17-10-8-16(9-11-17)19-12-23-15-26-19/h3-12,15H,13-14H2,1-2H3,(H,24,25)/t22-/m1/s1. The second kappa shape index (κ2) is 6.13. The van der Waals surface area contributed by atoms with Gasteiger partial charge in [-0.05, 0) is 29.5 Å². The molecule has 2 aromatic carbocycles. The number of amides is 1. The molecule has 0 aliphatic heterocycles. The van der Waals surface area contributed by atoms with Crippen LogP contribution in [-0.2, 0) is 5.41 Å². The van der Waals surface area contributed by atoms with Crippen molar-refractivity contribution < 1.29 is 9.21 Å². The van der Waals surface area contributed by atoms with Crippen molar-refractivity contribution in [2.24, 2.45) is 5.41 Å². The number of aromatic nitrogens is 1. The summed E-state index contributed by atoms with van der Waals surface area (Å²) in [6, 6.07) is 17.9. The fourth-order valence-electron chi connectivity index (χ4n) is 3.84. The molecule has 4 nitrogen and oxygen atoms in total. The average molecular weight is 346 g/mol. The van der Waals surface area contributed by atoms with Gasteiger partial charge in [-0.2, -0.15) is 0 Å². The monoisotopic (exact) mass is 346 g/mol. The van der Waals surface area contributed by atoms with Crippen molar-refractivity contribution in [1.82, 2.24) is 10.3 Å². The molecule has 1 N–H and O–H groups in total. The quantitative estimate of drug-likeness (QED) is 0.743. The lowest BCUT2D eigenvalue weighted by atomic mass is 9.87. The Morgan fingerprint density at radius 2 is 1.81 bits per heavy atom. The maximum absolute atomic E-state index is 12.6. The van der Waals surface area contributed by atoms with Crippen LogP contribution in [0.1, 0.15) is 36.2 Å². The lowest BCUT2D eigenvalue weighted by Gasteiger charge is -2.22. The Labute approximate surface area is 153 Å². The molecule has 0 saturated heterocycles. The molecular formula is C22H22N2O2. The van der Waals surface area contributed by atoms with Gasteiger partial charge in [-0.3, -0.25) is 4.79 Å². The molecule has 1 fully saturated rings. The van der Waals surface area contributed by atoms with Gasteiger partial charge in [-0.1, -0.05) is 56.3 Å². The summed E-state index contributed by atoms with van der Waals surface area (Å²) in [4.78, 5) is 16.5. The first kappa shape index (κ1) is 16.6. The van der Waals surface area contributed by atoms with Gasteiger partial charge < -0.3 is 9.73 Å². The van der Waals surface area contributed by atoms with Crippen LogP contribution in [0.3, 0.4) is 0 Å². The number of hydrogen-bond donors (Lipinski definition) is 1.